The van der Waals surface area contributed by atoms with Crippen molar-refractivity contribution >= 4 is 17.1 Å². The van der Waals surface area contributed by atoms with Gasteiger partial charge in [-0.25, -0.2) is 0 Å². The van der Waals surface area contributed by atoms with E-state index >= 15 is 0 Å². The predicted octanol–water partition coefficient (Wildman–Crippen LogP) is 4.54. The van der Waals surface area contributed by atoms with E-state index in [1.54, 1.807) is 17.5 Å². The molecule has 2 heterocycles. The summed E-state index contributed by atoms with van der Waals surface area (Å²) in [5.74, 6) is 0.144. The maximum absolute atomic E-state index is 12.4. The van der Waals surface area contributed by atoms with Crippen LogP contribution in [0.25, 0.3) is 10.6 Å². The van der Waals surface area contributed by atoms with Crippen molar-refractivity contribution in [3.05, 3.63) is 76.8 Å². The van der Waals surface area contributed by atoms with E-state index in [2.05, 4.69) is 4.98 Å². The fourth-order valence-electron chi connectivity index (χ4n) is 2.21. The number of carbonyl (C=O) groups excluding carboxylic acids is 1. The Kier molecular flexibility index (Phi) is 3.93. The zero-order chi connectivity index (χ0) is 14.7. The highest BCUT2D eigenvalue weighted by atomic mass is 32.1. The molecule has 0 unspecified atom stereocenters. The number of nitrogens with zero attached hydrogens (tertiary/aromatic N) is 1. The number of thiophene rings is 1. The summed E-state index contributed by atoms with van der Waals surface area (Å²) in [6.45, 7) is 2.02. The van der Waals surface area contributed by atoms with Crippen LogP contribution in [0.5, 0.6) is 0 Å². The van der Waals surface area contributed by atoms with Crippen LogP contribution in [0.15, 0.2) is 60.1 Å². The standard InChI is InChI=1S/C18H15NOS/c1-13-5-7-14(8-6-13)17(20)12-15-9-11-21-18(15)16-4-2-3-10-19-16/h2-11H,12H2,1H3. The average Bonchev–Trinajstić information content (AvgIpc) is 2.97. The smallest absolute Gasteiger partial charge is 0.167 e. The molecule has 21 heavy (non-hydrogen) atoms. The molecule has 0 atom stereocenters. The van der Waals surface area contributed by atoms with Crippen LogP contribution >= 0.6 is 11.3 Å². The number of aryl methyl sites for hydroxylation is 1. The molecule has 1 aromatic carbocycles. The van der Waals surface area contributed by atoms with Crippen molar-refractivity contribution in [1.82, 2.24) is 4.98 Å². The molecule has 104 valence electrons. The van der Waals surface area contributed by atoms with Gasteiger partial charge in [0.2, 0.25) is 0 Å². The number of aromatic nitrogens is 1. The van der Waals surface area contributed by atoms with Crippen molar-refractivity contribution in [3.63, 3.8) is 0 Å². The summed E-state index contributed by atoms with van der Waals surface area (Å²) in [7, 11) is 0. The summed E-state index contributed by atoms with van der Waals surface area (Å²) in [6, 6.07) is 15.6. The number of Topliss-reactive ketones (excluding diaryl/α,β-unsaturated/α-hetero) is 1. The second-order valence-corrected chi connectivity index (χ2v) is 5.87. The number of hydrogen-bond donors (Lipinski definition) is 0. The lowest BCUT2D eigenvalue weighted by Crippen LogP contribution is -2.03. The quantitative estimate of drug-likeness (QED) is 0.661. The van der Waals surface area contributed by atoms with Gasteiger partial charge in [-0.15, -0.1) is 11.3 Å². The van der Waals surface area contributed by atoms with Gasteiger partial charge in [0.25, 0.3) is 0 Å². The zero-order valence-corrected chi connectivity index (χ0v) is 12.6. The third-order valence-corrected chi connectivity index (χ3v) is 4.35. The highest BCUT2D eigenvalue weighted by Gasteiger charge is 2.13. The fraction of sp³-hybridized carbons (Fsp3) is 0.111. The minimum absolute atomic E-state index is 0.144. The summed E-state index contributed by atoms with van der Waals surface area (Å²) in [4.78, 5) is 17.8. The van der Waals surface area contributed by atoms with Crippen molar-refractivity contribution in [1.29, 1.82) is 0 Å². The normalized spacial score (nSPS) is 10.5. The van der Waals surface area contributed by atoms with Gasteiger partial charge in [-0.1, -0.05) is 35.9 Å². The Hall–Kier alpha value is -2.26. The van der Waals surface area contributed by atoms with E-state index in [1.165, 1.54) is 0 Å². The molecular weight excluding hydrogens is 278 g/mol. The number of ketones is 1. The number of carbonyl (C=O) groups is 1. The molecule has 0 fully saturated rings. The Morgan fingerprint density at radius 1 is 1.10 bits per heavy atom. The van der Waals surface area contributed by atoms with Gasteiger partial charge in [-0.05, 0) is 36.1 Å². The molecule has 2 aromatic heterocycles. The Bertz CT molecular complexity index is 744. The monoisotopic (exact) mass is 293 g/mol. The largest absolute Gasteiger partial charge is 0.294 e. The van der Waals surface area contributed by atoms with Gasteiger partial charge in [0.15, 0.2) is 5.78 Å². The molecule has 0 radical (unpaired) electrons. The predicted molar refractivity (Wildman–Crippen MR) is 86.8 cm³/mol. The molecule has 3 rings (SSSR count). The number of hydrogen-bond acceptors (Lipinski definition) is 3. The molecule has 0 aliphatic heterocycles. The van der Waals surface area contributed by atoms with Gasteiger partial charge >= 0.3 is 0 Å². The van der Waals surface area contributed by atoms with E-state index in [0.29, 0.717) is 6.42 Å². The van der Waals surface area contributed by atoms with Crippen molar-refractivity contribution in [2.75, 3.05) is 0 Å². The molecule has 0 bridgehead atoms. The van der Waals surface area contributed by atoms with E-state index < -0.39 is 0 Å². The van der Waals surface area contributed by atoms with Crippen LogP contribution in [0.3, 0.4) is 0 Å². The highest BCUT2D eigenvalue weighted by Crippen LogP contribution is 2.28. The first-order valence-electron chi connectivity index (χ1n) is 6.81. The third-order valence-electron chi connectivity index (χ3n) is 3.37. The first-order valence-corrected chi connectivity index (χ1v) is 7.69. The molecule has 0 saturated carbocycles. The van der Waals surface area contributed by atoms with Crippen LogP contribution in [-0.4, -0.2) is 10.8 Å². The van der Waals surface area contributed by atoms with Crippen LogP contribution < -0.4 is 0 Å². The summed E-state index contributed by atoms with van der Waals surface area (Å²) in [6.07, 6.45) is 2.19. The van der Waals surface area contributed by atoms with Gasteiger partial charge in [0.1, 0.15) is 0 Å². The van der Waals surface area contributed by atoms with E-state index in [4.69, 9.17) is 0 Å². The lowest BCUT2D eigenvalue weighted by Gasteiger charge is -2.04. The van der Waals surface area contributed by atoms with Crippen LogP contribution in [0, 0.1) is 6.92 Å². The second kappa shape index (κ2) is 6.02. The molecule has 3 heteroatoms. The lowest BCUT2D eigenvalue weighted by molar-refractivity contribution is 0.0993. The Morgan fingerprint density at radius 2 is 1.90 bits per heavy atom. The van der Waals surface area contributed by atoms with Crippen molar-refractivity contribution in [3.8, 4) is 10.6 Å². The molecule has 2 nitrogen and oxygen atoms in total. The molecule has 0 N–H and O–H groups in total. The topological polar surface area (TPSA) is 30.0 Å². The SMILES string of the molecule is Cc1ccc(C(=O)Cc2ccsc2-c2ccccn2)cc1. The molecule has 0 aliphatic rings. The summed E-state index contributed by atoms with van der Waals surface area (Å²) >= 11 is 1.63. The van der Waals surface area contributed by atoms with Gasteiger partial charge in [0.05, 0.1) is 10.6 Å². The van der Waals surface area contributed by atoms with Crippen LogP contribution in [0.4, 0.5) is 0 Å². The molecular formula is C18H15NOS. The number of rotatable bonds is 4. The summed E-state index contributed by atoms with van der Waals surface area (Å²) < 4.78 is 0. The highest BCUT2D eigenvalue weighted by molar-refractivity contribution is 7.13. The Balaban J connectivity index is 1.85. The summed E-state index contributed by atoms with van der Waals surface area (Å²) in [5.41, 5.74) is 3.90. The van der Waals surface area contributed by atoms with Crippen LogP contribution in [0.1, 0.15) is 21.5 Å². The van der Waals surface area contributed by atoms with E-state index in [9.17, 15) is 4.79 Å². The van der Waals surface area contributed by atoms with E-state index in [0.717, 1.165) is 27.3 Å². The van der Waals surface area contributed by atoms with E-state index in [1.807, 2.05) is 60.8 Å². The lowest BCUT2D eigenvalue weighted by atomic mass is 10.0. The van der Waals surface area contributed by atoms with Gasteiger partial charge < -0.3 is 0 Å². The number of benzene rings is 1. The zero-order valence-electron chi connectivity index (χ0n) is 11.7. The minimum Gasteiger partial charge on any atom is -0.294 e. The molecule has 0 aliphatic carbocycles. The van der Waals surface area contributed by atoms with Gasteiger partial charge in [-0.2, -0.15) is 0 Å². The maximum Gasteiger partial charge on any atom is 0.167 e. The van der Waals surface area contributed by atoms with E-state index in [-0.39, 0.29) is 5.78 Å². The number of pyridine rings is 1. The first-order chi connectivity index (χ1) is 10.2. The van der Waals surface area contributed by atoms with Crippen molar-refractivity contribution in [2.45, 2.75) is 13.3 Å². The van der Waals surface area contributed by atoms with Crippen molar-refractivity contribution < 1.29 is 4.79 Å². The van der Waals surface area contributed by atoms with Crippen LogP contribution in [0.2, 0.25) is 0 Å². The molecule has 0 saturated heterocycles. The second-order valence-electron chi connectivity index (χ2n) is 4.96. The maximum atomic E-state index is 12.4. The molecule has 0 amide bonds. The van der Waals surface area contributed by atoms with Crippen LogP contribution in [-0.2, 0) is 6.42 Å². The first kappa shape index (κ1) is 13.7. The van der Waals surface area contributed by atoms with Gasteiger partial charge in [0, 0.05) is 18.2 Å². The van der Waals surface area contributed by atoms with Gasteiger partial charge in [-0.3, -0.25) is 9.78 Å². The Labute approximate surface area is 128 Å². The molecule has 0 spiro atoms. The average molecular weight is 293 g/mol. The fourth-order valence-corrected chi connectivity index (χ4v) is 3.11. The third kappa shape index (κ3) is 3.09. The minimum atomic E-state index is 0.144. The summed E-state index contributed by atoms with van der Waals surface area (Å²) in [5, 5.41) is 2.02. The molecule has 3 aromatic rings. The Morgan fingerprint density at radius 3 is 2.62 bits per heavy atom. The van der Waals surface area contributed by atoms with Crippen molar-refractivity contribution in [2.24, 2.45) is 0 Å².